The molecule has 3 rings (SSSR count). The van der Waals surface area contributed by atoms with Crippen molar-refractivity contribution in [1.29, 1.82) is 0 Å². The third-order valence-electron chi connectivity index (χ3n) is 3.77. The highest BCUT2D eigenvalue weighted by atomic mass is 32.2. The summed E-state index contributed by atoms with van der Waals surface area (Å²) in [5, 5.41) is 13.4. The number of carbonyl (C=O) groups excluding carboxylic acids is 2. The monoisotopic (exact) mass is 416 g/mol. The number of anilines is 1. The molecule has 0 aliphatic rings. The average Bonchev–Trinajstić information content (AvgIpc) is 3.17. The number of rotatable bonds is 7. The van der Waals surface area contributed by atoms with E-state index in [1.165, 1.54) is 36.0 Å². The summed E-state index contributed by atoms with van der Waals surface area (Å²) in [6.45, 7) is 2.46. The third kappa shape index (κ3) is 5.61. The Morgan fingerprint density at radius 2 is 1.86 bits per heavy atom. The van der Waals surface area contributed by atoms with E-state index in [-0.39, 0.29) is 22.5 Å². The third-order valence-corrected chi connectivity index (χ3v) is 5.82. The SMILES string of the molecule is Cc1ccccc1CNC(=O)CSc1nnc(C(=O)Nc2ccc(F)cc2)s1. The summed E-state index contributed by atoms with van der Waals surface area (Å²) in [5.41, 5.74) is 2.65. The lowest BCUT2D eigenvalue weighted by Gasteiger charge is -2.07. The number of hydrogen-bond donors (Lipinski definition) is 2. The summed E-state index contributed by atoms with van der Waals surface area (Å²) < 4.78 is 13.4. The fourth-order valence-electron chi connectivity index (χ4n) is 2.26. The molecule has 0 saturated carbocycles. The Kier molecular flexibility index (Phi) is 6.72. The van der Waals surface area contributed by atoms with Crippen LogP contribution in [0.25, 0.3) is 0 Å². The van der Waals surface area contributed by atoms with E-state index in [1.54, 1.807) is 0 Å². The normalized spacial score (nSPS) is 10.5. The van der Waals surface area contributed by atoms with Crippen LogP contribution in [0, 0.1) is 12.7 Å². The van der Waals surface area contributed by atoms with Crippen LogP contribution in [-0.4, -0.2) is 27.8 Å². The Balaban J connectivity index is 1.47. The van der Waals surface area contributed by atoms with E-state index >= 15 is 0 Å². The fourth-order valence-corrected chi connectivity index (χ4v) is 3.84. The van der Waals surface area contributed by atoms with Crippen molar-refractivity contribution in [3.8, 4) is 0 Å². The van der Waals surface area contributed by atoms with Gasteiger partial charge in [-0.1, -0.05) is 47.4 Å². The first kappa shape index (κ1) is 20.0. The van der Waals surface area contributed by atoms with E-state index in [9.17, 15) is 14.0 Å². The predicted octanol–water partition coefficient (Wildman–Crippen LogP) is 3.65. The van der Waals surface area contributed by atoms with Gasteiger partial charge in [0.15, 0.2) is 4.34 Å². The van der Waals surface area contributed by atoms with Gasteiger partial charge in [-0.3, -0.25) is 9.59 Å². The Bertz CT molecular complexity index is 976. The van der Waals surface area contributed by atoms with Crippen LogP contribution in [0.5, 0.6) is 0 Å². The number of aryl methyl sites for hydroxylation is 1. The zero-order valence-corrected chi connectivity index (χ0v) is 16.6. The quantitative estimate of drug-likeness (QED) is 0.575. The molecule has 0 fully saturated rings. The molecule has 1 aromatic heterocycles. The summed E-state index contributed by atoms with van der Waals surface area (Å²) in [7, 11) is 0. The number of carbonyl (C=O) groups is 2. The molecule has 0 spiro atoms. The molecule has 0 radical (unpaired) electrons. The van der Waals surface area contributed by atoms with Gasteiger partial charge in [-0.15, -0.1) is 10.2 Å². The molecule has 0 bridgehead atoms. The van der Waals surface area contributed by atoms with Gasteiger partial charge in [0, 0.05) is 12.2 Å². The lowest BCUT2D eigenvalue weighted by molar-refractivity contribution is -0.118. The molecule has 2 aromatic carbocycles. The van der Waals surface area contributed by atoms with Crippen LogP contribution in [0.1, 0.15) is 20.9 Å². The zero-order chi connectivity index (χ0) is 19.9. The molecule has 2 N–H and O–H groups in total. The number of aromatic nitrogens is 2. The minimum absolute atomic E-state index is 0.124. The molecule has 0 saturated heterocycles. The van der Waals surface area contributed by atoms with Crippen LogP contribution in [0.4, 0.5) is 10.1 Å². The van der Waals surface area contributed by atoms with Crippen molar-refractivity contribution in [2.75, 3.05) is 11.1 Å². The van der Waals surface area contributed by atoms with Crippen molar-refractivity contribution in [3.05, 3.63) is 70.5 Å². The van der Waals surface area contributed by atoms with E-state index in [4.69, 9.17) is 0 Å². The highest BCUT2D eigenvalue weighted by Crippen LogP contribution is 2.23. The van der Waals surface area contributed by atoms with Crippen LogP contribution in [-0.2, 0) is 11.3 Å². The van der Waals surface area contributed by atoms with Gasteiger partial charge in [0.05, 0.1) is 5.75 Å². The topological polar surface area (TPSA) is 84.0 Å². The average molecular weight is 417 g/mol. The Labute approximate surface area is 169 Å². The number of nitrogens with zero attached hydrogens (tertiary/aromatic N) is 2. The molecule has 0 atom stereocenters. The van der Waals surface area contributed by atoms with Gasteiger partial charge < -0.3 is 10.6 Å². The molecule has 6 nitrogen and oxygen atoms in total. The van der Waals surface area contributed by atoms with Gasteiger partial charge in [-0.05, 0) is 42.3 Å². The second kappa shape index (κ2) is 9.43. The van der Waals surface area contributed by atoms with Crippen molar-refractivity contribution in [1.82, 2.24) is 15.5 Å². The molecule has 3 aromatic rings. The summed E-state index contributed by atoms with van der Waals surface area (Å²) >= 11 is 2.31. The van der Waals surface area contributed by atoms with Crippen LogP contribution < -0.4 is 10.6 Å². The molecule has 0 aliphatic heterocycles. The number of thioether (sulfide) groups is 1. The van der Waals surface area contributed by atoms with Gasteiger partial charge >= 0.3 is 0 Å². The Morgan fingerprint density at radius 3 is 2.61 bits per heavy atom. The van der Waals surface area contributed by atoms with E-state index in [2.05, 4.69) is 20.8 Å². The number of halogens is 1. The summed E-state index contributed by atoms with van der Waals surface area (Å²) in [6, 6.07) is 13.3. The van der Waals surface area contributed by atoms with Gasteiger partial charge in [0.2, 0.25) is 10.9 Å². The van der Waals surface area contributed by atoms with Crippen molar-refractivity contribution < 1.29 is 14.0 Å². The van der Waals surface area contributed by atoms with E-state index < -0.39 is 5.91 Å². The lowest BCUT2D eigenvalue weighted by Crippen LogP contribution is -2.24. The second-order valence-electron chi connectivity index (χ2n) is 5.83. The van der Waals surface area contributed by atoms with Crippen molar-refractivity contribution in [2.24, 2.45) is 0 Å². The Morgan fingerprint density at radius 1 is 1.11 bits per heavy atom. The maximum atomic E-state index is 12.9. The molecule has 9 heteroatoms. The first-order valence-electron chi connectivity index (χ1n) is 8.35. The molecule has 144 valence electrons. The van der Waals surface area contributed by atoms with Crippen molar-refractivity contribution >= 4 is 40.6 Å². The van der Waals surface area contributed by atoms with E-state index in [0.717, 1.165) is 22.5 Å². The maximum absolute atomic E-state index is 12.9. The molecule has 2 amide bonds. The second-order valence-corrected chi connectivity index (χ2v) is 8.03. The largest absolute Gasteiger partial charge is 0.351 e. The van der Waals surface area contributed by atoms with Crippen molar-refractivity contribution in [3.63, 3.8) is 0 Å². The number of benzene rings is 2. The van der Waals surface area contributed by atoms with Crippen molar-refractivity contribution in [2.45, 2.75) is 17.8 Å². The molecule has 0 aliphatic carbocycles. The van der Waals surface area contributed by atoms with Gasteiger partial charge in [0.25, 0.3) is 5.91 Å². The smallest absolute Gasteiger partial charge is 0.286 e. The summed E-state index contributed by atoms with van der Waals surface area (Å²) in [6.07, 6.45) is 0. The highest BCUT2D eigenvalue weighted by molar-refractivity contribution is 8.01. The first-order valence-corrected chi connectivity index (χ1v) is 10.2. The van der Waals surface area contributed by atoms with Crippen LogP contribution >= 0.6 is 23.1 Å². The van der Waals surface area contributed by atoms with Gasteiger partial charge in [-0.25, -0.2) is 4.39 Å². The minimum atomic E-state index is -0.431. The standard InChI is InChI=1S/C19H17FN4O2S2/c1-12-4-2-3-5-13(12)10-21-16(25)11-27-19-24-23-18(28-19)17(26)22-15-8-6-14(20)7-9-15/h2-9H,10-11H2,1H3,(H,21,25)(H,22,26). The number of nitrogens with one attached hydrogen (secondary N) is 2. The number of amides is 2. The van der Waals surface area contributed by atoms with E-state index in [1.807, 2.05) is 31.2 Å². The Hall–Kier alpha value is -2.78. The molecular weight excluding hydrogens is 399 g/mol. The summed E-state index contributed by atoms with van der Waals surface area (Å²) in [5.74, 6) is -0.755. The minimum Gasteiger partial charge on any atom is -0.351 e. The zero-order valence-electron chi connectivity index (χ0n) is 14.9. The number of hydrogen-bond acceptors (Lipinski definition) is 6. The first-order chi connectivity index (χ1) is 13.5. The van der Waals surface area contributed by atoms with Gasteiger partial charge in [-0.2, -0.15) is 0 Å². The lowest BCUT2D eigenvalue weighted by atomic mass is 10.1. The van der Waals surface area contributed by atoms with Gasteiger partial charge in [0.1, 0.15) is 5.82 Å². The predicted molar refractivity (Wildman–Crippen MR) is 108 cm³/mol. The maximum Gasteiger partial charge on any atom is 0.286 e. The molecule has 28 heavy (non-hydrogen) atoms. The van der Waals surface area contributed by atoms with Crippen LogP contribution in [0.2, 0.25) is 0 Å². The molecular formula is C19H17FN4O2S2. The van der Waals surface area contributed by atoms with Crippen LogP contribution in [0.15, 0.2) is 52.9 Å². The molecule has 0 unspecified atom stereocenters. The summed E-state index contributed by atoms with van der Waals surface area (Å²) in [4.78, 5) is 24.2. The fraction of sp³-hybridized carbons (Fsp3) is 0.158. The highest BCUT2D eigenvalue weighted by Gasteiger charge is 2.14. The van der Waals surface area contributed by atoms with Crippen LogP contribution in [0.3, 0.4) is 0 Å². The van der Waals surface area contributed by atoms with E-state index in [0.29, 0.717) is 16.6 Å². The molecule has 1 heterocycles.